The van der Waals surface area contributed by atoms with Crippen molar-refractivity contribution in [3.8, 4) is 11.3 Å². The van der Waals surface area contributed by atoms with Gasteiger partial charge in [-0.25, -0.2) is 27.2 Å². The Morgan fingerprint density at radius 1 is 1.09 bits per heavy atom. The Balaban J connectivity index is 1.61. The van der Waals surface area contributed by atoms with E-state index in [0.717, 1.165) is 17.7 Å². The Bertz CT molecular complexity index is 1530. The van der Waals surface area contributed by atoms with Crippen LogP contribution in [0.2, 0.25) is 0 Å². The predicted octanol–water partition coefficient (Wildman–Crippen LogP) is 3.97. The van der Waals surface area contributed by atoms with Crippen LogP contribution in [0.25, 0.3) is 22.3 Å². The fraction of sp³-hybridized carbons (Fsp3) is 0.240. The zero-order valence-corrected chi connectivity index (χ0v) is 19.6. The zero-order valence-electron chi connectivity index (χ0n) is 18.8. The number of imidazole rings is 1. The van der Waals surface area contributed by atoms with Crippen molar-refractivity contribution in [3.05, 3.63) is 83.3 Å². The number of hydrogen-bond acceptors (Lipinski definition) is 5. The third-order valence-corrected chi connectivity index (χ3v) is 7.95. The summed E-state index contributed by atoms with van der Waals surface area (Å²) in [5.41, 5.74) is 1.89. The van der Waals surface area contributed by atoms with Crippen LogP contribution >= 0.6 is 0 Å². The molecule has 1 aliphatic rings. The summed E-state index contributed by atoms with van der Waals surface area (Å²) in [6.45, 7) is 1.39. The second kappa shape index (κ2) is 8.84. The van der Waals surface area contributed by atoms with E-state index in [1.54, 1.807) is 13.0 Å². The number of aryl methyl sites for hydroxylation is 1. The molecule has 0 bridgehead atoms. The van der Waals surface area contributed by atoms with Crippen molar-refractivity contribution in [2.45, 2.75) is 25.9 Å². The van der Waals surface area contributed by atoms with Gasteiger partial charge in [-0.3, -0.25) is 4.79 Å². The number of sulfone groups is 1. The lowest BCUT2D eigenvalue weighted by molar-refractivity contribution is 0.0947. The summed E-state index contributed by atoms with van der Waals surface area (Å²) in [4.78, 5) is 22.3. The molecule has 2 aromatic carbocycles. The quantitative estimate of drug-likeness (QED) is 0.451. The lowest BCUT2D eigenvalue weighted by Crippen LogP contribution is -2.25. The number of nitrogens with zero attached hydrogens (tertiary/aromatic N) is 3. The summed E-state index contributed by atoms with van der Waals surface area (Å²) in [5.74, 6) is -1.51. The SMILES string of the molecule is Cc1nc2c(C(=O)NCc3c(F)cccc3F)nc(-c3ccccc3)cc2n1[C@H]1CCS(=O)(=O)C1. The molecule has 5 rings (SSSR count). The van der Waals surface area contributed by atoms with Crippen LogP contribution in [-0.2, 0) is 16.4 Å². The summed E-state index contributed by atoms with van der Waals surface area (Å²) in [5, 5.41) is 2.55. The fourth-order valence-corrected chi connectivity index (χ4v) is 6.22. The highest BCUT2D eigenvalue weighted by atomic mass is 32.2. The third-order valence-electron chi connectivity index (χ3n) is 6.20. The third kappa shape index (κ3) is 4.41. The van der Waals surface area contributed by atoms with Gasteiger partial charge in [-0.15, -0.1) is 0 Å². The van der Waals surface area contributed by atoms with E-state index in [-0.39, 0.29) is 35.3 Å². The molecule has 1 amide bonds. The maximum atomic E-state index is 14.1. The van der Waals surface area contributed by atoms with E-state index in [1.165, 1.54) is 6.07 Å². The van der Waals surface area contributed by atoms with Gasteiger partial charge in [0.1, 0.15) is 23.0 Å². The minimum absolute atomic E-state index is 0.000745. The van der Waals surface area contributed by atoms with Crippen LogP contribution < -0.4 is 5.32 Å². The molecule has 0 radical (unpaired) electrons. The second-order valence-electron chi connectivity index (χ2n) is 8.56. The summed E-state index contributed by atoms with van der Waals surface area (Å²) in [6, 6.07) is 14.2. The highest BCUT2D eigenvalue weighted by Crippen LogP contribution is 2.32. The summed E-state index contributed by atoms with van der Waals surface area (Å²) in [7, 11) is -3.16. The number of halogens is 2. The molecule has 0 spiro atoms. The highest BCUT2D eigenvalue weighted by molar-refractivity contribution is 7.91. The van der Waals surface area contributed by atoms with E-state index in [0.29, 0.717) is 29.0 Å². The van der Waals surface area contributed by atoms with E-state index in [2.05, 4.69) is 15.3 Å². The summed E-state index contributed by atoms with van der Waals surface area (Å²) >= 11 is 0. The molecule has 35 heavy (non-hydrogen) atoms. The number of carbonyl (C=O) groups excluding carboxylic acids is 1. The van der Waals surface area contributed by atoms with Gasteiger partial charge >= 0.3 is 0 Å². The van der Waals surface area contributed by atoms with Crippen LogP contribution in [0.4, 0.5) is 8.78 Å². The first-order valence-corrected chi connectivity index (χ1v) is 12.9. The number of rotatable bonds is 5. The van der Waals surface area contributed by atoms with Gasteiger partial charge in [-0.2, -0.15) is 0 Å². The molecule has 7 nitrogen and oxygen atoms in total. The first-order chi connectivity index (χ1) is 16.7. The Labute approximate surface area is 200 Å². The maximum absolute atomic E-state index is 14.1. The largest absolute Gasteiger partial charge is 0.346 e. The van der Waals surface area contributed by atoms with Crippen LogP contribution in [0.1, 0.15) is 34.3 Å². The standard InChI is InChI=1S/C25H22F2N4O3S/c1-15-29-23-22(31(15)17-10-11-35(33,34)14-17)12-21(16-6-3-2-4-7-16)30-24(23)25(32)28-13-18-19(26)8-5-9-20(18)27/h2-9,12,17H,10-11,13-14H2,1H3,(H,28,32)/t17-/m0/s1. The number of aromatic nitrogens is 3. The van der Waals surface area contributed by atoms with Crippen molar-refractivity contribution in [3.63, 3.8) is 0 Å². The maximum Gasteiger partial charge on any atom is 0.272 e. The molecular weight excluding hydrogens is 474 g/mol. The molecule has 0 aliphatic carbocycles. The van der Waals surface area contributed by atoms with Gasteiger partial charge in [-0.05, 0) is 31.5 Å². The van der Waals surface area contributed by atoms with Crippen molar-refractivity contribution in [1.82, 2.24) is 19.9 Å². The minimum atomic E-state index is -3.16. The molecule has 1 fully saturated rings. The Morgan fingerprint density at radius 2 is 1.80 bits per heavy atom. The Morgan fingerprint density at radius 3 is 2.46 bits per heavy atom. The molecule has 1 N–H and O–H groups in total. The molecule has 1 atom stereocenters. The lowest BCUT2D eigenvalue weighted by Gasteiger charge is -2.15. The molecule has 1 aliphatic heterocycles. The van der Waals surface area contributed by atoms with E-state index >= 15 is 0 Å². The number of benzene rings is 2. The van der Waals surface area contributed by atoms with Crippen LogP contribution in [-0.4, -0.2) is 40.4 Å². The predicted molar refractivity (Wildman–Crippen MR) is 128 cm³/mol. The van der Waals surface area contributed by atoms with Crippen LogP contribution in [0, 0.1) is 18.6 Å². The topological polar surface area (TPSA) is 93.9 Å². The molecular formula is C25H22F2N4O3S. The number of nitrogens with one attached hydrogen (secondary N) is 1. The average molecular weight is 497 g/mol. The number of hydrogen-bond donors (Lipinski definition) is 1. The Hall–Kier alpha value is -3.66. The molecule has 3 heterocycles. The molecule has 2 aromatic heterocycles. The van der Waals surface area contributed by atoms with E-state index < -0.39 is 27.4 Å². The second-order valence-corrected chi connectivity index (χ2v) is 10.8. The van der Waals surface area contributed by atoms with Gasteiger partial charge in [0.15, 0.2) is 15.5 Å². The summed E-state index contributed by atoms with van der Waals surface area (Å²) < 4.78 is 54.3. The number of pyridine rings is 1. The van der Waals surface area contributed by atoms with Crippen molar-refractivity contribution < 1.29 is 22.0 Å². The van der Waals surface area contributed by atoms with E-state index in [4.69, 9.17) is 0 Å². The smallest absolute Gasteiger partial charge is 0.272 e. The van der Waals surface area contributed by atoms with Gasteiger partial charge in [0.05, 0.1) is 28.8 Å². The van der Waals surface area contributed by atoms with Gasteiger partial charge in [0, 0.05) is 17.7 Å². The Kier molecular flexibility index (Phi) is 5.84. The molecule has 0 unspecified atom stereocenters. The first-order valence-electron chi connectivity index (χ1n) is 11.1. The van der Waals surface area contributed by atoms with Crippen LogP contribution in [0.5, 0.6) is 0 Å². The molecule has 180 valence electrons. The van der Waals surface area contributed by atoms with Crippen molar-refractivity contribution in [1.29, 1.82) is 0 Å². The van der Waals surface area contributed by atoms with Crippen LogP contribution in [0.3, 0.4) is 0 Å². The highest BCUT2D eigenvalue weighted by Gasteiger charge is 2.32. The molecule has 0 saturated carbocycles. The number of carbonyl (C=O) groups is 1. The molecule has 10 heteroatoms. The zero-order chi connectivity index (χ0) is 24.7. The molecule has 4 aromatic rings. The number of amides is 1. The number of fused-ring (bicyclic) bond motifs is 1. The average Bonchev–Trinajstić information content (AvgIpc) is 3.35. The van der Waals surface area contributed by atoms with Crippen molar-refractivity contribution in [2.75, 3.05) is 11.5 Å². The normalized spacial score (nSPS) is 17.1. The van der Waals surface area contributed by atoms with E-state index in [1.807, 2.05) is 34.9 Å². The monoisotopic (exact) mass is 496 g/mol. The molecule has 1 saturated heterocycles. The summed E-state index contributed by atoms with van der Waals surface area (Å²) in [6.07, 6.45) is 0.450. The van der Waals surface area contributed by atoms with Crippen molar-refractivity contribution in [2.24, 2.45) is 0 Å². The van der Waals surface area contributed by atoms with E-state index in [9.17, 15) is 22.0 Å². The lowest BCUT2D eigenvalue weighted by atomic mass is 10.1. The van der Waals surface area contributed by atoms with Gasteiger partial charge in [-0.1, -0.05) is 36.4 Å². The van der Waals surface area contributed by atoms with Gasteiger partial charge in [0.25, 0.3) is 5.91 Å². The fourth-order valence-electron chi connectivity index (χ4n) is 4.52. The van der Waals surface area contributed by atoms with Crippen LogP contribution in [0.15, 0.2) is 54.6 Å². The van der Waals surface area contributed by atoms with Gasteiger partial charge in [0.2, 0.25) is 0 Å². The minimum Gasteiger partial charge on any atom is -0.346 e. The van der Waals surface area contributed by atoms with Gasteiger partial charge < -0.3 is 9.88 Å². The first kappa shape index (κ1) is 23.1. The van der Waals surface area contributed by atoms with Crippen molar-refractivity contribution >= 4 is 26.8 Å².